The molecule has 0 saturated carbocycles. The fourth-order valence-corrected chi connectivity index (χ4v) is 2.61. The Bertz CT molecular complexity index is 102. The summed E-state index contributed by atoms with van der Waals surface area (Å²) in [7, 11) is 1.72. The van der Waals surface area contributed by atoms with Gasteiger partial charge in [-0.3, -0.25) is 0 Å². The third-order valence-corrected chi connectivity index (χ3v) is 3.40. The van der Waals surface area contributed by atoms with Gasteiger partial charge in [-0.05, 0) is 36.7 Å². The molecular formula is C8H17NOS. The Kier molecular flexibility index (Phi) is 4.26. The normalized spacial score (nSPS) is 25.9. The molecule has 0 radical (unpaired) electrons. The van der Waals surface area contributed by atoms with E-state index in [-0.39, 0.29) is 0 Å². The summed E-state index contributed by atoms with van der Waals surface area (Å²) in [4.78, 5) is 0. The average molecular weight is 175 g/mol. The van der Waals surface area contributed by atoms with Gasteiger partial charge in [-0.25, -0.2) is 0 Å². The molecular weight excluding hydrogens is 158 g/mol. The molecule has 0 aliphatic carbocycles. The molecule has 3 heteroatoms. The van der Waals surface area contributed by atoms with E-state index in [0.717, 1.165) is 18.9 Å². The van der Waals surface area contributed by atoms with E-state index in [1.807, 2.05) is 0 Å². The molecule has 0 amide bonds. The third-order valence-electron chi connectivity index (χ3n) is 2.12. The molecule has 1 rings (SSSR count). The molecule has 0 bridgehead atoms. The van der Waals surface area contributed by atoms with Crippen molar-refractivity contribution in [3.8, 4) is 0 Å². The maximum Gasteiger partial charge on any atom is 0.0237 e. The van der Waals surface area contributed by atoms with Crippen LogP contribution < -0.4 is 0 Å². The lowest BCUT2D eigenvalue weighted by atomic mass is 10.0. The molecule has 1 heterocycles. The monoisotopic (exact) mass is 175 g/mol. The number of hydrogen-bond donors (Lipinski definition) is 1. The Morgan fingerprint density at radius 2 is 2.45 bits per heavy atom. The van der Waals surface area contributed by atoms with Gasteiger partial charge >= 0.3 is 0 Å². The van der Waals surface area contributed by atoms with Crippen LogP contribution in [0.2, 0.25) is 0 Å². The van der Waals surface area contributed by atoms with E-state index in [1.54, 1.807) is 7.05 Å². The second-order valence-electron chi connectivity index (χ2n) is 3.25. The van der Waals surface area contributed by atoms with E-state index in [9.17, 15) is 0 Å². The van der Waals surface area contributed by atoms with Crippen LogP contribution in [0.1, 0.15) is 19.3 Å². The summed E-state index contributed by atoms with van der Waals surface area (Å²) in [6.07, 6.45) is 3.88. The Morgan fingerprint density at radius 1 is 1.64 bits per heavy atom. The average Bonchev–Trinajstić information content (AvgIpc) is 2.03. The van der Waals surface area contributed by atoms with Gasteiger partial charge in [-0.2, -0.15) is 16.8 Å². The SMILES string of the molecule is CN(O)CCC1CCCSC1. The van der Waals surface area contributed by atoms with E-state index in [0.29, 0.717) is 0 Å². The lowest BCUT2D eigenvalue weighted by Crippen LogP contribution is -2.20. The summed E-state index contributed by atoms with van der Waals surface area (Å²) in [6.45, 7) is 0.825. The maximum atomic E-state index is 8.91. The Hall–Kier alpha value is 0.270. The van der Waals surface area contributed by atoms with Gasteiger partial charge in [-0.15, -0.1) is 0 Å². The first-order chi connectivity index (χ1) is 5.29. The highest BCUT2D eigenvalue weighted by molar-refractivity contribution is 7.99. The van der Waals surface area contributed by atoms with Gasteiger partial charge < -0.3 is 5.21 Å². The van der Waals surface area contributed by atoms with Crippen LogP contribution in [-0.4, -0.2) is 35.4 Å². The van der Waals surface area contributed by atoms with E-state index in [1.165, 1.54) is 29.4 Å². The Balaban J connectivity index is 2.05. The largest absolute Gasteiger partial charge is 0.314 e. The first kappa shape index (κ1) is 9.36. The minimum atomic E-state index is 0.825. The highest BCUT2D eigenvalue weighted by Gasteiger charge is 2.13. The van der Waals surface area contributed by atoms with Crippen LogP contribution in [0, 0.1) is 5.92 Å². The van der Waals surface area contributed by atoms with E-state index >= 15 is 0 Å². The summed E-state index contributed by atoms with van der Waals surface area (Å²) >= 11 is 2.05. The number of hydrogen-bond acceptors (Lipinski definition) is 3. The molecule has 66 valence electrons. The molecule has 1 aliphatic rings. The van der Waals surface area contributed by atoms with Crippen molar-refractivity contribution in [2.45, 2.75) is 19.3 Å². The zero-order chi connectivity index (χ0) is 8.10. The number of rotatable bonds is 3. The zero-order valence-corrected chi connectivity index (χ0v) is 7.94. The van der Waals surface area contributed by atoms with Gasteiger partial charge in [0.05, 0.1) is 0 Å². The second-order valence-corrected chi connectivity index (χ2v) is 4.40. The van der Waals surface area contributed by atoms with Gasteiger partial charge in [-0.1, -0.05) is 0 Å². The highest BCUT2D eigenvalue weighted by Crippen LogP contribution is 2.24. The van der Waals surface area contributed by atoms with Crippen LogP contribution in [0.5, 0.6) is 0 Å². The molecule has 1 aliphatic heterocycles. The van der Waals surface area contributed by atoms with Gasteiger partial charge in [0, 0.05) is 13.6 Å². The van der Waals surface area contributed by atoms with Gasteiger partial charge in [0.2, 0.25) is 0 Å². The molecule has 0 aromatic heterocycles. The van der Waals surface area contributed by atoms with Crippen molar-refractivity contribution in [2.24, 2.45) is 5.92 Å². The maximum absolute atomic E-state index is 8.91. The predicted octanol–water partition coefficient (Wildman–Crippen LogP) is 1.84. The van der Waals surface area contributed by atoms with Crippen molar-refractivity contribution in [1.82, 2.24) is 5.06 Å². The van der Waals surface area contributed by atoms with Crippen molar-refractivity contribution in [1.29, 1.82) is 0 Å². The van der Waals surface area contributed by atoms with Crippen molar-refractivity contribution in [3.05, 3.63) is 0 Å². The number of nitrogens with zero attached hydrogens (tertiary/aromatic N) is 1. The molecule has 0 aromatic carbocycles. The van der Waals surface area contributed by atoms with Crippen LogP contribution in [0.15, 0.2) is 0 Å². The number of thioether (sulfide) groups is 1. The number of hydroxylamine groups is 2. The Morgan fingerprint density at radius 3 is 3.00 bits per heavy atom. The topological polar surface area (TPSA) is 23.5 Å². The second kappa shape index (κ2) is 5.01. The molecule has 2 nitrogen and oxygen atoms in total. The molecule has 1 fully saturated rings. The summed E-state index contributed by atoms with van der Waals surface area (Å²) in [5.74, 6) is 3.49. The van der Waals surface area contributed by atoms with Gasteiger partial charge in [0.15, 0.2) is 0 Å². The zero-order valence-electron chi connectivity index (χ0n) is 7.12. The first-order valence-corrected chi connectivity index (χ1v) is 5.42. The molecule has 1 N–H and O–H groups in total. The van der Waals surface area contributed by atoms with Gasteiger partial charge in [0.1, 0.15) is 0 Å². The summed E-state index contributed by atoms with van der Waals surface area (Å²) in [5.41, 5.74) is 0. The van der Waals surface area contributed by atoms with Crippen molar-refractivity contribution in [2.75, 3.05) is 25.1 Å². The lowest BCUT2D eigenvalue weighted by Gasteiger charge is -2.21. The lowest BCUT2D eigenvalue weighted by molar-refractivity contribution is -0.0678. The van der Waals surface area contributed by atoms with Crippen molar-refractivity contribution >= 4 is 11.8 Å². The Labute approximate surface area is 72.9 Å². The summed E-state index contributed by atoms with van der Waals surface area (Å²) < 4.78 is 0. The van der Waals surface area contributed by atoms with Gasteiger partial charge in [0.25, 0.3) is 0 Å². The fraction of sp³-hybridized carbons (Fsp3) is 1.00. The molecule has 1 atom stereocenters. The predicted molar refractivity (Wildman–Crippen MR) is 49.1 cm³/mol. The van der Waals surface area contributed by atoms with Crippen LogP contribution in [0.4, 0.5) is 0 Å². The van der Waals surface area contributed by atoms with Crippen molar-refractivity contribution in [3.63, 3.8) is 0 Å². The fourth-order valence-electron chi connectivity index (χ4n) is 1.40. The quantitative estimate of drug-likeness (QED) is 0.662. The molecule has 1 saturated heterocycles. The van der Waals surface area contributed by atoms with Crippen LogP contribution in [-0.2, 0) is 0 Å². The van der Waals surface area contributed by atoms with Crippen LogP contribution in [0.3, 0.4) is 0 Å². The third kappa shape index (κ3) is 3.99. The smallest absolute Gasteiger partial charge is 0.0237 e. The minimum Gasteiger partial charge on any atom is -0.314 e. The first-order valence-electron chi connectivity index (χ1n) is 4.27. The molecule has 0 spiro atoms. The van der Waals surface area contributed by atoms with E-state index in [4.69, 9.17) is 5.21 Å². The molecule has 1 unspecified atom stereocenters. The summed E-state index contributed by atoms with van der Waals surface area (Å²) in [5, 5.41) is 10.2. The molecule has 11 heavy (non-hydrogen) atoms. The highest BCUT2D eigenvalue weighted by atomic mass is 32.2. The van der Waals surface area contributed by atoms with E-state index < -0.39 is 0 Å². The van der Waals surface area contributed by atoms with Crippen molar-refractivity contribution < 1.29 is 5.21 Å². The molecule has 0 aromatic rings. The minimum absolute atomic E-state index is 0.825. The van der Waals surface area contributed by atoms with Crippen LogP contribution in [0.25, 0.3) is 0 Å². The summed E-state index contributed by atoms with van der Waals surface area (Å²) in [6, 6.07) is 0. The standard InChI is InChI=1S/C8H17NOS/c1-9(10)5-4-8-3-2-6-11-7-8/h8,10H,2-7H2,1H3. The van der Waals surface area contributed by atoms with Crippen LogP contribution >= 0.6 is 11.8 Å². The van der Waals surface area contributed by atoms with E-state index in [2.05, 4.69) is 11.8 Å².